The Hall–Kier alpha value is -2.04. The Balaban J connectivity index is 2.12. The van der Waals surface area contributed by atoms with Crippen molar-refractivity contribution in [3.63, 3.8) is 0 Å². The molecule has 2 aliphatic heterocycles. The zero-order valence-corrected chi connectivity index (χ0v) is 12.1. The van der Waals surface area contributed by atoms with Crippen LogP contribution in [0.5, 0.6) is 0 Å². The summed E-state index contributed by atoms with van der Waals surface area (Å²) in [5.41, 5.74) is -2.81. The Kier molecular flexibility index (Phi) is 3.85. The van der Waals surface area contributed by atoms with E-state index in [1.54, 1.807) is 0 Å². The number of hydrogen-bond acceptors (Lipinski definition) is 4. The standard InChI is InChI=1S/C13H12F6N4O/c14-12(15,16)4-8-6(13(17,18)19)3-7-10(21-8)23-2-1-20-5-9(23)11(24)22-7/h3,9,20H,1-2,4-5H2,(H,22,24). The summed E-state index contributed by atoms with van der Waals surface area (Å²) >= 11 is 0. The average molecular weight is 354 g/mol. The molecule has 11 heteroatoms. The van der Waals surface area contributed by atoms with Gasteiger partial charge in [-0.2, -0.15) is 26.3 Å². The number of alkyl halides is 6. The van der Waals surface area contributed by atoms with Crippen molar-refractivity contribution in [1.29, 1.82) is 0 Å². The smallest absolute Gasteiger partial charge is 0.340 e. The first-order chi connectivity index (χ1) is 11.1. The Morgan fingerprint density at radius 3 is 2.58 bits per heavy atom. The quantitative estimate of drug-likeness (QED) is 0.757. The molecule has 0 spiro atoms. The number of carbonyl (C=O) groups excluding carboxylic acids is 1. The summed E-state index contributed by atoms with van der Waals surface area (Å²) < 4.78 is 77.1. The lowest BCUT2D eigenvalue weighted by molar-refractivity contribution is -0.144. The van der Waals surface area contributed by atoms with Crippen molar-refractivity contribution in [2.24, 2.45) is 0 Å². The maximum atomic E-state index is 13.1. The van der Waals surface area contributed by atoms with Gasteiger partial charge in [-0.15, -0.1) is 0 Å². The molecule has 1 amide bonds. The van der Waals surface area contributed by atoms with Gasteiger partial charge < -0.3 is 15.5 Å². The predicted molar refractivity (Wildman–Crippen MR) is 71.6 cm³/mol. The molecular weight excluding hydrogens is 342 g/mol. The Bertz CT molecular complexity index is 672. The Morgan fingerprint density at radius 1 is 1.25 bits per heavy atom. The van der Waals surface area contributed by atoms with E-state index in [1.807, 2.05) is 0 Å². The number of pyridine rings is 1. The average Bonchev–Trinajstić information content (AvgIpc) is 2.45. The van der Waals surface area contributed by atoms with E-state index in [9.17, 15) is 31.1 Å². The summed E-state index contributed by atoms with van der Waals surface area (Å²) in [6, 6.07) is -0.186. The number of anilines is 2. The minimum Gasteiger partial charge on any atom is -0.340 e. The lowest BCUT2D eigenvalue weighted by atomic mass is 10.0. The van der Waals surface area contributed by atoms with Gasteiger partial charge in [0.1, 0.15) is 6.04 Å². The van der Waals surface area contributed by atoms with Gasteiger partial charge in [0.25, 0.3) is 0 Å². The first-order valence-electron chi connectivity index (χ1n) is 7.02. The van der Waals surface area contributed by atoms with Gasteiger partial charge in [-0.1, -0.05) is 0 Å². The van der Waals surface area contributed by atoms with Crippen molar-refractivity contribution in [1.82, 2.24) is 10.3 Å². The number of nitrogens with zero attached hydrogens (tertiary/aromatic N) is 2. The zero-order chi connectivity index (χ0) is 17.7. The largest absolute Gasteiger partial charge is 0.418 e. The molecule has 2 aliphatic rings. The molecule has 1 atom stereocenters. The number of nitrogens with one attached hydrogen (secondary N) is 2. The summed E-state index contributed by atoms with van der Waals surface area (Å²) in [5.74, 6) is -0.582. The van der Waals surface area contributed by atoms with Crippen LogP contribution in [0.15, 0.2) is 6.07 Å². The van der Waals surface area contributed by atoms with Crippen LogP contribution in [-0.4, -0.2) is 42.7 Å². The number of carbonyl (C=O) groups is 1. The van der Waals surface area contributed by atoms with Crippen LogP contribution >= 0.6 is 0 Å². The van der Waals surface area contributed by atoms with Gasteiger partial charge >= 0.3 is 12.4 Å². The van der Waals surface area contributed by atoms with Gasteiger partial charge in [0.05, 0.1) is 23.4 Å². The van der Waals surface area contributed by atoms with Gasteiger partial charge in [-0.25, -0.2) is 4.98 Å². The molecule has 1 aromatic rings. The highest BCUT2D eigenvalue weighted by Crippen LogP contribution is 2.40. The van der Waals surface area contributed by atoms with Crippen LogP contribution in [0.2, 0.25) is 0 Å². The molecule has 132 valence electrons. The maximum Gasteiger partial charge on any atom is 0.418 e. The van der Waals surface area contributed by atoms with E-state index in [1.165, 1.54) is 4.90 Å². The molecule has 0 radical (unpaired) electrons. The van der Waals surface area contributed by atoms with Crippen molar-refractivity contribution in [2.45, 2.75) is 24.8 Å². The molecular formula is C13H12F6N4O. The maximum absolute atomic E-state index is 13.1. The summed E-state index contributed by atoms with van der Waals surface area (Å²) in [6.07, 6.45) is -11.6. The van der Waals surface area contributed by atoms with Crippen LogP contribution in [0.1, 0.15) is 11.3 Å². The summed E-state index contributed by atoms with van der Waals surface area (Å²) in [5, 5.41) is 5.24. The molecule has 2 N–H and O–H groups in total. The number of aromatic nitrogens is 1. The molecule has 1 unspecified atom stereocenters. The van der Waals surface area contributed by atoms with Gasteiger partial charge in [-0.05, 0) is 6.07 Å². The highest BCUT2D eigenvalue weighted by Gasteiger charge is 2.42. The molecule has 0 aliphatic carbocycles. The summed E-state index contributed by atoms with van der Waals surface area (Å²) in [4.78, 5) is 17.0. The highest BCUT2D eigenvalue weighted by atomic mass is 19.4. The fraction of sp³-hybridized carbons (Fsp3) is 0.538. The topological polar surface area (TPSA) is 57.3 Å². The van der Waals surface area contributed by atoms with E-state index in [4.69, 9.17) is 0 Å². The monoisotopic (exact) mass is 354 g/mol. The summed E-state index contributed by atoms with van der Waals surface area (Å²) in [7, 11) is 0. The van der Waals surface area contributed by atoms with Crippen LogP contribution in [0.25, 0.3) is 0 Å². The number of amides is 1. The first-order valence-corrected chi connectivity index (χ1v) is 7.02. The van der Waals surface area contributed by atoms with Crippen molar-refractivity contribution >= 4 is 17.4 Å². The first kappa shape index (κ1) is 16.8. The molecule has 0 aromatic carbocycles. The molecule has 24 heavy (non-hydrogen) atoms. The van der Waals surface area contributed by atoms with Crippen molar-refractivity contribution in [3.8, 4) is 0 Å². The van der Waals surface area contributed by atoms with Crippen molar-refractivity contribution in [2.75, 3.05) is 29.9 Å². The molecule has 3 heterocycles. The molecule has 3 rings (SSSR count). The molecule has 0 bridgehead atoms. The lowest BCUT2D eigenvalue weighted by Crippen LogP contribution is -2.59. The van der Waals surface area contributed by atoms with Crippen LogP contribution in [0, 0.1) is 0 Å². The van der Waals surface area contributed by atoms with E-state index < -0.39 is 42.0 Å². The van der Waals surface area contributed by atoms with Gasteiger partial charge in [0.2, 0.25) is 5.91 Å². The van der Waals surface area contributed by atoms with Crippen LogP contribution in [0.4, 0.5) is 37.8 Å². The number of rotatable bonds is 1. The number of hydrogen-bond donors (Lipinski definition) is 2. The second-order valence-corrected chi connectivity index (χ2v) is 5.55. The second kappa shape index (κ2) is 5.50. The third kappa shape index (κ3) is 3.12. The second-order valence-electron chi connectivity index (χ2n) is 5.55. The molecule has 1 saturated heterocycles. The van der Waals surface area contributed by atoms with Crippen molar-refractivity contribution in [3.05, 3.63) is 17.3 Å². The van der Waals surface area contributed by atoms with Gasteiger partial charge in [0, 0.05) is 19.6 Å². The number of halogens is 6. The predicted octanol–water partition coefficient (Wildman–Crippen LogP) is 1.94. The summed E-state index contributed by atoms with van der Waals surface area (Å²) in [6.45, 7) is 0.942. The fourth-order valence-corrected chi connectivity index (χ4v) is 2.83. The molecule has 1 aromatic heterocycles. The van der Waals surface area contributed by atoms with Gasteiger partial charge in [0.15, 0.2) is 5.82 Å². The fourth-order valence-electron chi connectivity index (χ4n) is 2.83. The number of fused-ring (bicyclic) bond motifs is 3. The van der Waals surface area contributed by atoms with Crippen LogP contribution in [0.3, 0.4) is 0 Å². The van der Waals surface area contributed by atoms with E-state index in [-0.39, 0.29) is 24.6 Å². The van der Waals surface area contributed by atoms with E-state index >= 15 is 0 Å². The lowest BCUT2D eigenvalue weighted by Gasteiger charge is -2.40. The molecule has 1 fully saturated rings. The Labute approximate surface area is 132 Å². The number of piperazine rings is 1. The SMILES string of the molecule is O=C1Nc2cc(C(F)(F)F)c(CC(F)(F)F)nc2N2CCNCC12. The van der Waals surface area contributed by atoms with E-state index in [0.717, 1.165) is 0 Å². The van der Waals surface area contributed by atoms with Crippen LogP contribution in [-0.2, 0) is 17.4 Å². The van der Waals surface area contributed by atoms with E-state index in [2.05, 4.69) is 15.6 Å². The minimum atomic E-state index is -5.01. The van der Waals surface area contributed by atoms with Crippen molar-refractivity contribution < 1.29 is 31.1 Å². The Morgan fingerprint density at radius 2 is 1.96 bits per heavy atom. The van der Waals surface area contributed by atoms with E-state index in [0.29, 0.717) is 12.6 Å². The van der Waals surface area contributed by atoms with Gasteiger partial charge in [-0.3, -0.25) is 4.79 Å². The molecule has 5 nitrogen and oxygen atoms in total. The normalized spacial score (nSPS) is 21.2. The third-order valence-electron chi connectivity index (χ3n) is 3.83. The molecule has 0 saturated carbocycles. The minimum absolute atomic E-state index is 0.0617. The highest BCUT2D eigenvalue weighted by molar-refractivity contribution is 6.03. The van der Waals surface area contributed by atoms with Crippen LogP contribution < -0.4 is 15.5 Å². The third-order valence-corrected chi connectivity index (χ3v) is 3.83. The zero-order valence-electron chi connectivity index (χ0n) is 12.1.